The highest BCUT2D eigenvalue weighted by molar-refractivity contribution is 7.89. The van der Waals surface area contributed by atoms with Gasteiger partial charge in [-0.3, -0.25) is 0 Å². The predicted molar refractivity (Wildman–Crippen MR) is 78.1 cm³/mol. The zero-order valence-electron chi connectivity index (χ0n) is 12.5. The SMILES string of the molecule is CCn1cc(S(=O)(=O)N(C)CC2CCCCN2)nc1C. The number of hydrogen-bond acceptors (Lipinski definition) is 4. The van der Waals surface area contributed by atoms with Crippen molar-refractivity contribution in [2.75, 3.05) is 20.1 Å². The van der Waals surface area contributed by atoms with Crippen LogP contribution in [0.5, 0.6) is 0 Å². The number of hydrogen-bond donors (Lipinski definition) is 1. The topological polar surface area (TPSA) is 67.2 Å². The molecule has 1 N–H and O–H groups in total. The molecule has 2 rings (SSSR count). The molecule has 1 aromatic heterocycles. The maximum atomic E-state index is 12.5. The van der Waals surface area contributed by atoms with Gasteiger partial charge in [0.05, 0.1) is 0 Å². The molecule has 1 aromatic rings. The molecule has 0 aliphatic carbocycles. The Hall–Kier alpha value is -0.920. The Morgan fingerprint density at radius 2 is 2.25 bits per heavy atom. The van der Waals surface area contributed by atoms with E-state index in [2.05, 4.69) is 10.3 Å². The molecule has 7 heteroatoms. The quantitative estimate of drug-likeness (QED) is 0.880. The first-order chi connectivity index (χ1) is 9.45. The molecule has 1 atom stereocenters. The highest BCUT2D eigenvalue weighted by atomic mass is 32.2. The lowest BCUT2D eigenvalue weighted by molar-refractivity contribution is 0.337. The number of aromatic nitrogens is 2. The Balaban J connectivity index is 2.11. The van der Waals surface area contributed by atoms with Crippen molar-refractivity contribution < 1.29 is 8.42 Å². The van der Waals surface area contributed by atoms with Crippen LogP contribution in [0.3, 0.4) is 0 Å². The molecule has 0 bridgehead atoms. The normalized spacial score (nSPS) is 20.5. The first-order valence-electron chi connectivity index (χ1n) is 7.18. The Morgan fingerprint density at radius 1 is 1.50 bits per heavy atom. The monoisotopic (exact) mass is 300 g/mol. The highest BCUT2D eigenvalue weighted by Gasteiger charge is 2.27. The molecule has 1 fully saturated rings. The van der Waals surface area contributed by atoms with Crippen LogP contribution in [0.15, 0.2) is 11.2 Å². The summed E-state index contributed by atoms with van der Waals surface area (Å²) in [5.41, 5.74) is 0. The van der Waals surface area contributed by atoms with Crippen LogP contribution in [0.1, 0.15) is 32.0 Å². The van der Waals surface area contributed by atoms with E-state index in [0.717, 1.165) is 31.8 Å². The average Bonchev–Trinajstić information content (AvgIpc) is 2.81. The van der Waals surface area contributed by atoms with Crippen LogP contribution in [0.4, 0.5) is 0 Å². The van der Waals surface area contributed by atoms with Gasteiger partial charge in [0.1, 0.15) is 5.82 Å². The fourth-order valence-electron chi connectivity index (χ4n) is 2.57. The number of likely N-dealkylation sites (N-methyl/N-ethyl adjacent to an activating group) is 1. The summed E-state index contributed by atoms with van der Waals surface area (Å²) in [5, 5.41) is 3.52. The molecule has 0 radical (unpaired) electrons. The van der Waals surface area contributed by atoms with Crippen LogP contribution in [0.25, 0.3) is 0 Å². The van der Waals surface area contributed by atoms with E-state index in [4.69, 9.17) is 0 Å². The van der Waals surface area contributed by atoms with Gasteiger partial charge in [0.25, 0.3) is 10.0 Å². The number of nitrogens with zero attached hydrogens (tertiary/aromatic N) is 3. The van der Waals surface area contributed by atoms with E-state index in [1.165, 1.54) is 10.7 Å². The van der Waals surface area contributed by atoms with Gasteiger partial charge in [0, 0.05) is 32.4 Å². The molecular formula is C13H24N4O2S. The molecule has 1 aliphatic heterocycles. The molecule has 0 amide bonds. The van der Waals surface area contributed by atoms with Crippen LogP contribution in [-0.2, 0) is 16.6 Å². The summed E-state index contributed by atoms with van der Waals surface area (Å²) in [6.07, 6.45) is 4.99. The zero-order chi connectivity index (χ0) is 14.8. The molecule has 0 saturated carbocycles. The van der Waals surface area contributed by atoms with Crippen molar-refractivity contribution in [3.63, 3.8) is 0 Å². The van der Waals surface area contributed by atoms with Crippen molar-refractivity contribution in [2.45, 2.75) is 50.7 Å². The van der Waals surface area contributed by atoms with Crippen molar-refractivity contribution >= 4 is 10.0 Å². The van der Waals surface area contributed by atoms with Crippen LogP contribution in [-0.4, -0.2) is 48.5 Å². The second-order valence-corrected chi connectivity index (χ2v) is 7.34. The van der Waals surface area contributed by atoms with Gasteiger partial charge in [0.2, 0.25) is 0 Å². The van der Waals surface area contributed by atoms with Crippen molar-refractivity contribution in [3.8, 4) is 0 Å². The van der Waals surface area contributed by atoms with E-state index in [1.807, 2.05) is 18.4 Å². The molecule has 1 saturated heterocycles. The molecular weight excluding hydrogens is 276 g/mol. The minimum atomic E-state index is -3.49. The minimum absolute atomic E-state index is 0.148. The lowest BCUT2D eigenvalue weighted by Gasteiger charge is -2.27. The van der Waals surface area contributed by atoms with Gasteiger partial charge >= 0.3 is 0 Å². The lowest BCUT2D eigenvalue weighted by Crippen LogP contribution is -2.44. The summed E-state index contributed by atoms with van der Waals surface area (Å²) in [6, 6.07) is 0.248. The fourth-order valence-corrected chi connectivity index (χ4v) is 3.78. The first kappa shape index (κ1) is 15.5. The summed E-state index contributed by atoms with van der Waals surface area (Å²) in [4.78, 5) is 4.18. The molecule has 2 heterocycles. The number of nitrogens with one attached hydrogen (secondary N) is 1. The van der Waals surface area contributed by atoms with Gasteiger partial charge in [0.15, 0.2) is 5.03 Å². The van der Waals surface area contributed by atoms with E-state index in [1.54, 1.807) is 13.2 Å². The lowest BCUT2D eigenvalue weighted by atomic mass is 10.1. The van der Waals surface area contributed by atoms with Gasteiger partial charge in [-0.25, -0.2) is 13.4 Å². The highest BCUT2D eigenvalue weighted by Crippen LogP contribution is 2.16. The molecule has 1 unspecified atom stereocenters. The van der Waals surface area contributed by atoms with Gasteiger partial charge in [-0.2, -0.15) is 4.31 Å². The summed E-state index contributed by atoms with van der Waals surface area (Å²) in [6.45, 7) is 6.00. The van der Waals surface area contributed by atoms with Crippen molar-refractivity contribution in [1.82, 2.24) is 19.2 Å². The third-order valence-electron chi connectivity index (χ3n) is 3.86. The largest absolute Gasteiger partial charge is 0.334 e. The van der Waals surface area contributed by atoms with Crippen LogP contribution < -0.4 is 5.32 Å². The molecule has 1 aliphatic rings. The van der Waals surface area contributed by atoms with Crippen molar-refractivity contribution in [1.29, 1.82) is 0 Å². The summed E-state index contributed by atoms with van der Waals surface area (Å²) in [5.74, 6) is 0.732. The van der Waals surface area contributed by atoms with Crippen LogP contribution in [0, 0.1) is 6.92 Å². The second kappa shape index (κ2) is 6.24. The van der Waals surface area contributed by atoms with Gasteiger partial charge in [-0.1, -0.05) is 6.42 Å². The second-order valence-electron chi connectivity index (χ2n) is 5.34. The van der Waals surface area contributed by atoms with Gasteiger partial charge < -0.3 is 9.88 Å². The zero-order valence-corrected chi connectivity index (χ0v) is 13.3. The number of piperidine rings is 1. The fraction of sp³-hybridized carbons (Fsp3) is 0.769. The number of rotatable bonds is 5. The van der Waals surface area contributed by atoms with E-state index in [9.17, 15) is 8.42 Å². The van der Waals surface area contributed by atoms with E-state index in [-0.39, 0.29) is 11.1 Å². The number of imidazole rings is 1. The average molecular weight is 300 g/mol. The van der Waals surface area contributed by atoms with E-state index >= 15 is 0 Å². The summed E-state index contributed by atoms with van der Waals surface area (Å²) < 4.78 is 28.3. The van der Waals surface area contributed by atoms with Crippen LogP contribution >= 0.6 is 0 Å². The van der Waals surface area contributed by atoms with Crippen molar-refractivity contribution in [2.24, 2.45) is 0 Å². The molecule has 0 aromatic carbocycles. The maximum Gasteiger partial charge on any atom is 0.261 e. The predicted octanol–water partition coefficient (Wildman–Crippen LogP) is 0.974. The Kier molecular flexibility index (Phi) is 4.82. The molecule has 0 spiro atoms. The molecule has 6 nitrogen and oxygen atoms in total. The number of sulfonamides is 1. The van der Waals surface area contributed by atoms with Gasteiger partial charge in [-0.05, 0) is 33.2 Å². The van der Waals surface area contributed by atoms with E-state index in [0.29, 0.717) is 6.54 Å². The Labute approximate surface area is 121 Å². The molecule has 114 valence electrons. The maximum absolute atomic E-state index is 12.5. The molecule has 20 heavy (non-hydrogen) atoms. The van der Waals surface area contributed by atoms with Crippen molar-refractivity contribution in [3.05, 3.63) is 12.0 Å². The Bertz CT molecular complexity index is 547. The third-order valence-corrected chi connectivity index (χ3v) is 5.55. The van der Waals surface area contributed by atoms with Crippen LogP contribution in [0.2, 0.25) is 0 Å². The third kappa shape index (κ3) is 3.21. The standard InChI is InChI=1S/C13H24N4O2S/c1-4-17-10-13(15-11(17)2)20(18,19)16(3)9-12-7-5-6-8-14-12/h10,12,14H,4-9H2,1-3H3. The first-order valence-corrected chi connectivity index (χ1v) is 8.62. The minimum Gasteiger partial charge on any atom is -0.334 e. The summed E-state index contributed by atoms with van der Waals surface area (Å²) in [7, 11) is -1.86. The van der Waals surface area contributed by atoms with E-state index < -0.39 is 10.0 Å². The number of aryl methyl sites for hydroxylation is 2. The smallest absolute Gasteiger partial charge is 0.261 e. The van der Waals surface area contributed by atoms with Gasteiger partial charge in [-0.15, -0.1) is 0 Å². The Morgan fingerprint density at radius 3 is 2.80 bits per heavy atom. The summed E-state index contributed by atoms with van der Waals surface area (Å²) >= 11 is 0.